The summed E-state index contributed by atoms with van der Waals surface area (Å²) in [5, 5.41) is 7.69. The van der Waals surface area contributed by atoms with Crippen molar-refractivity contribution in [3.8, 4) is 0 Å². The van der Waals surface area contributed by atoms with Gasteiger partial charge in [0.25, 0.3) is 5.91 Å². The number of benzene rings is 1. The fraction of sp³-hybridized carbons (Fsp3) is 0.562. The first-order chi connectivity index (χ1) is 9.72. The molecule has 0 spiro atoms. The van der Waals surface area contributed by atoms with E-state index >= 15 is 0 Å². The number of fused-ring (bicyclic) bond motifs is 1. The molecule has 1 saturated heterocycles. The smallest absolute Gasteiger partial charge is 0.268 e. The number of hydrogen-bond donors (Lipinski definition) is 1. The van der Waals surface area contributed by atoms with Crippen LogP contribution in [0.4, 0.5) is 0 Å². The van der Waals surface area contributed by atoms with Gasteiger partial charge in [0.05, 0.1) is 6.04 Å². The number of piperazine rings is 1. The van der Waals surface area contributed by atoms with Crippen molar-refractivity contribution in [3.05, 3.63) is 35.4 Å². The first-order valence-corrected chi connectivity index (χ1v) is 7.61. The SMILES string of the molecule is CCC1Cc2ccccc2C(=O)N1N1CCNCC1C. The van der Waals surface area contributed by atoms with Gasteiger partial charge in [-0.25, -0.2) is 5.01 Å². The van der Waals surface area contributed by atoms with E-state index in [-0.39, 0.29) is 11.9 Å². The van der Waals surface area contributed by atoms with Crippen LogP contribution in [0, 0.1) is 0 Å². The van der Waals surface area contributed by atoms with Gasteiger partial charge in [0.1, 0.15) is 0 Å². The third kappa shape index (κ3) is 2.23. The minimum absolute atomic E-state index is 0.174. The third-order valence-electron chi connectivity index (χ3n) is 4.47. The Hall–Kier alpha value is -1.39. The number of carbonyl (C=O) groups is 1. The molecule has 0 radical (unpaired) electrons. The number of amides is 1. The van der Waals surface area contributed by atoms with Gasteiger partial charge in [-0.05, 0) is 31.4 Å². The molecule has 2 unspecified atom stereocenters. The van der Waals surface area contributed by atoms with Gasteiger partial charge in [-0.3, -0.25) is 9.80 Å². The topological polar surface area (TPSA) is 35.6 Å². The maximum atomic E-state index is 12.9. The van der Waals surface area contributed by atoms with Crippen LogP contribution < -0.4 is 5.32 Å². The Labute approximate surface area is 120 Å². The molecule has 4 nitrogen and oxygen atoms in total. The van der Waals surface area contributed by atoms with Crippen molar-refractivity contribution >= 4 is 5.91 Å². The zero-order chi connectivity index (χ0) is 14.1. The van der Waals surface area contributed by atoms with E-state index < -0.39 is 0 Å². The van der Waals surface area contributed by atoms with Crippen LogP contribution in [0.25, 0.3) is 0 Å². The molecule has 2 aliphatic heterocycles. The van der Waals surface area contributed by atoms with Crippen LogP contribution >= 0.6 is 0 Å². The zero-order valence-corrected chi connectivity index (χ0v) is 12.3. The summed E-state index contributed by atoms with van der Waals surface area (Å²) in [5.74, 6) is 0.174. The maximum Gasteiger partial charge on any atom is 0.268 e. The Morgan fingerprint density at radius 2 is 2.15 bits per heavy atom. The van der Waals surface area contributed by atoms with Crippen LogP contribution in [-0.4, -0.2) is 47.6 Å². The van der Waals surface area contributed by atoms with Crippen LogP contribution in [0.2, 0.25) is 0 Å². The Morgan fingerprint density at radius 3 is 2.90 bits per heavy atom. The molecule has 2 aliphatic rings. The normalized spacial score (nSPS) is 27.5. The lowest BCUT2D eigenvalue weighted by molar-refractivity contribution is -0.0721. The molecule has 1 N–H and O–H groups in total. The number of carbonyl (C=O) groups excluding carboxylic acids is 1. The predicted molar refractivity (Wildman–Crippen MR) is 79.4 cm³/mol. The second-order valence-corrected chi connectivity index (χ2v) is 5.79. The third-order valence-corrected chi connectivity index (χ3v) is 4.47. The fourth-order valence-electron chi connectivity index (χ4n) is 3.33. The summed E-state index contributed by atoms with van der Waals surface area (Å²) in [5.41, 5.74) is 2.08. The minimum Gasteiger partial charge on any atom is -0.314 e. The highest BCUT2D eigenvalue weighted by Gasteiger charge is 2.37. The first kappa shape index (κ1) is 13.6. The Balaban J connectivity index is 1.95. The Morgan fingerprint density at radius 1 is 1.35 bits per heavy atom. The summed E-state index contributed by atoms with van der Waals surface area (Å²) in [4.78, 5) is 12.9. The van der Waals surface area contributed by atoms with Crippen LogP contribution in [0.1, 0.15) is 36.2 Å². The molecule has 3 rings (SSSR count). The van der Waals surface area contributed by atoms with E-state index in [0.29, 0.717) is 6.04 Å². The number of nitrogens with one attached hydrogen (secondary N) is 1. The van der Waals surface area contributed by atoms with E-state index in [4.69, 9.17) is 0 Å². The van der Waals surface area contributed by atoms with Crippen LogP contribution in [0.15, 0.2) is 24.3 Å². The van der Waals surface area contributed by atoms with Crippen molar-refractivity contribution in [3.63, 3.8) is 0 Å². The highest BCUT2D eigenvalue weighted by molar-refractivity contribution is 5.96. The molecule has 0 aliphatic carbocycles. The molecular weight excluding hydrogens is 250 g/mol. The lowest BCUT2D eigenvalue weighted by atomic mass is 9.93. The molecule has 2 atom stereocenters. The Kier molecular flexibility index (Phi) is 3.76. The average Bonchev–Trinajstić information content (AvgIpc) is 2.48. The maximum absolute atomic E-state index is 12.9. The molecule has 1 aromatic rings. The monoisotopic (exact) mass is 273 g/mol. The second-order valence-electron chi connectivity index (χ2n) is 5.79. The van der Waals surface area contributed by atoms with Gasteiger partial charge < -0.3 is 5.32 Å². The number of hydrogen-bond acceptors (Lipinski definition) is 3. The van der Waals surface area contributed by atoms with E-state index in [1.165, 1.54) is 5.56 Å². The van der Waals surface area contributed by atoms with Gasteiger partial charge >= 0.3 is 0 Å². The summed E-state index contributed by atoms with van der Waals surface area (Å²) >= 11 is 0. The van der Waals surface area contributed by atoms with Crippen LogP contribution in [0.5, 0.6) is 0 Å². The number of hydrazine groups is 1. The van der Waals surface area contributed by atoms with Gasteiger partial charge in [0.2, 0.25) is 0 Å². The van der Waals surface area contributed by atoms with Crippen molar-refractivity contribution in [1.29, 1.82) is 0 Å². The highest BCUT2D eigenvalue weighted by Crippen LogP contribution is 2.27. The molecule has 4 heteroatoms. The van der Waals surface area contributed by atoms with Gasteiger partial charge in [0, 0.05) is 31.2 Å². The molecule has 0 saturated carbocycles. The van der Waals surface area contributed by atoms with Crippen molar-refractivity contribution < 1.29 is 4.79 Å². The van der Waals surface area contributed by atoms with Crippen molar-refractivity contribution in [2.75, 3.05) is 19.6 Å². The molecule has 20 heavy (non-hydrogen) atoms. The zero-order valence-electron chi connectivity index (χ0n) is 12.3. The average molecular weight is 273 g/mol. The molecule has 0 bridgehead atoms. The van der Waals surface area contributed by atoms with Crippen LogP contribution in [-0.2, 0) is 6.42 Å². The van der Waals surface area contributed by atoms with E-state index in [9.17, 15) is 4.79 Å². The molecule has 0 aromatic heterocycles. The molecule has 1 aromatic carbocycles. The summed E-state index contributed by atoms with van der Waals surface area (Å²) in [6, 6.07) is 8.70. The predicted octanol–water partition coefficient (Wildman–Crippen LogP) is 1.67. The van der Waals surface area contributed by atoms with Gasteiger partial charge in [0.15, 0.2) is 0 Å². The summed E-state index contributed by atoms with van der Waals surface area (Å²) < 4.78 is 0. The van der Waals surface area contributed by atoms with Crippen LogP contribution in [0.3, 0.4) is 0 Å². The van der Waals surface area contributed by atoms with Crippen molar-refractivity contribution in [2.45, 2.75) is 38.8 Å². The summed E-state index contributed by atoms with van der Waals surface area (Å²) in [6.07, 6.45) is 1.96. The Bertz CT molecular complexity index is 502. The molecule has 1 amide bonds. The quantitative estimate of drug-likeness (QED) is 0.890. The fourth-order valence-corrected chi connectivity index (χ4v) is 3.33. The summed E-state index contributed by atoms with van der Waals surface area (Å²) in [7, 11) is 0. The number of rotatable bonds is 2. The number of nitrogens with zero attached hydrogens (tertiary/aromatic N) is 2. The molecule has 1 fully saturated rings. The lowest BCUT2D eigenvalue weighted by Gasteiger charge is -2.47. The standard InChI is InChI=1S/C16H23N3O/c1-3-14-10-13-6-4-5-7-15(13)16(20)19(14)18-9-8-17-11-12(18)2/h4-7,12,14,17H,3,8-11H2,1-2H3. The first-order valence-electron chi connectivity index (χ1n) is 7.61. The van der Waals surface area contributed by atoms with Crippen molar-refractivity contribution in [2.24, 2.45) is 0 Å². The van der Waals surface area contributed by atoms with E-state index in [1.54, 1.807) is 0 Å². The van der Waals surface area contributed by atoms with Gasteiger partial charge in [-0.2, -0.15) is 0 Å². The van der Waals surface area contributed by atoms with Crippen molar-refractivity contribution in [1.82, 2.24) is 15.3 Å². The largest absolute Gasteiger partial charge is 0.314 e. The minimum atomic E-state index is 0.174. The molecular formula is C16H23N3O. The molecule has 2 heterocycles. The molecule has 108 valence electrons. The second kappa shape index (κ2) is 5.54. The van der Waals surface area contributed by atoms with E-state index in [1.807, 2.05) is 23.2 Å². The highest BCUT2D eigenvalue weighted by atomic mass is 16.2. The summed E-state index contributed by atoms with van der Waals surface area (Å²) in [6.45, 7) is 7.16. The van der Waals surface area contributed by atoms with E-state index in [2.05, 4.69) is 30.2 Å². The van der Waals surface area contributed by atoms with Gasteiger partial charge in [-0.15, -0.1) is 0 Å². The lowest BCUT2D eigenvalue weighted by Crippen LogP contribution is -2.63. The van der Waals surface area contributed by atoms with Gasteiger partial charge in [-0.1, -0.05) is 25.1 Å². The van der Waals surface area contributed by atoms with E-state index in [0.717, 1.165) is 38.0 Å².